The Labute approximate surface area is 329 Å². The van der Waals surface area contributed by atoms with E-state index in [2.05, 4.69) is 169 Å². The zero-order valence-electron chi connectivity index (χ0n) is 30.7. The number of anilines is 3. The molecule has 268 valence electrons. The highest BCUT2D eigenvalue weighted by Crippen LogP contribution is 2.48. The van der Waals surface area contributed by atoms with Gasteiger partial charge in [0, 0.05) is 54.5 Å². The summed E-state index contributed by atoms with van der Waals surface area (Å²) >= 11 is 1.86. The minimum atomic E-state index is 0.643. The number of hydrogen-bond donors (Lipinski definition) is 0. The Morgan fingerprint density at radius 1 is 0.464 bits per heavy atom. The molecule has 0 spiro atoms. The van der Waals surface area contributed by atoms with Crippen molar-refractivity contribution < 1.29 is 9.15 Å². The van der Waals surface area contributed by atoms with Crippen molar-refractivity contribution in [2.45, 2.75) is 19.4 Å². The average molecular weight is 740 g/mol. The van der Waals surface area contributed by atoms with E-state index in [4.69, 9.17) is 9.15 Å². The smallest absolute Gasteiger partial charge is 0.136 e. The standard InChI is InChI=1S/C52H37NO2S/c1-2-11-34(12-3-1)35-22-25-39(26-23-35)53(40-15-8-13-36(29-40)37-24-27-44-43-16-4-6-20-49(43)55-50(44)30-37)48-32-52-47(45-17-5-7-21-51(45)56-52)31-46(48)42-18-9-14-38-33-54-28-10-19-41(38)42/h1-9,11-18,20-27,29-32H,10,19,28,33H2. The molecule has 8 aromatic carbocycles. The van der Waals surface area contributed by atoms with Crippen LogP contribution in [0.1, 0.15) is 17.5 Å². The first-order valence-electron chi connectivity index (χ1n) is 19.4. The van der Waals surface area contributed by atoms with Crippen LogP contribution < -0.4 is 4.90 Å². The number of para-hydroxylation sites is 1. The van der Waals surface area contributed by atoms with Gasteiger partial charge in [-0.2, -0.15) is 0 Å². The Hall–Kier alpha value is -6.46. The third-order valence-electron chi connectivity index (χ3n) is 11.3. The summed E-state index contributed by atoms with van der Waals surface area (Å²) in [6.45, 7) is 1.42. The van der Waals surface area contributed by atoms with Crippen LogP contribution in [-0.4, -0.2) is 6.61 Å². The molecule has 11 rings (SSSR count). The molecule has 4 heteroatoms. The van der Waals surface area contributed by atoms with Gasteiger partial charge in [-0.15, -0.1) is 11.3 Å². The first kappa shape index (κ1) is 32.9. The van der Waals surface area contributed by atoms with Crippen LogP contribution >= 0.6 is 11.3 Å². The normalized spacial score (nSPS) is 13.0. The van der Waals surface area contributed by atoms with Crippen LogP contribution in [0.25, 0.3) is 75.5 Å². The van der Waals surface area contributed by atoms with Gasteiger partial charge in [0.1, 0.15) is 11.2 Å². The van der Waals surface area contributed by atoms with E-state index in [1.807, 2.05) is 23.5 Å². The topological polar surface area (TPSA) is 25.6 Å². The van der Waals surface area contributed by atoms with Gasteiger partial charge in [-0.1, -0.05) is 115 Å². The number of hydrogen-bond acceptors (Lipinski definition) is 4. The number of ether oxygens (including phenoxy) is 1. The number of furan rings is 1. The summed E-state index contributed by atoms with van der Waals surface area (Å²) in [5.74, 6) is 0. The molecule has 0 fully saturated rings. The monoisotopic (exact) mass is 739 g/mol. The maximum absolute atomic E-state index is 6.35. The van der Waals surface area contributed by atoms with Crippen molar-refractivity contribution in [1.29, 1.82) is 0 Å². The second-order valence-electron chi connectivity index (χ2n) is 14.7. The molecule has 10 aromatic rings. The highest BCUT2D eigenvalue weighted by atomic mass is 32.1. The van der Waals surface area contributed by atoms with Gasteiger partial charge in [0.25, 0.3) is 0 Å². The van der Waals surface area contributed by atoms with Crippen molar-refractivity contribution in [3.8, 4) is 33.4 Å². The lowest BCUT2D eigenvalue weighted by Crippen LogP contribution is -2.12. The average Bonchev–Trinajstić information content (AvgIpc) is 3.71. The summed E-state index contributed by atoms with van der Waals surface area (Å²) in [7, 11) is 0. The minimum absolute atomic E-state index is 0.643. The fourth-order valence-electron chi connectivity index (χ4n) is 8.60. The molecule has 2 aromatic heterocycles. The lowest BCUT2D eigenvalue weighted by atomic mass is 9.90. The van der Waals surface area contributed by atoms with Crippen LogP contribution in [0.3, 0.4) is 0 Å². The number of fused-ring (bicyclic) bond motifs is 7. The van der Waals surface area contributed by atoms with Gasteiger partial charge in [0.15, 0.2) is 0 Å². The molecule has 0 saturated carbocycles. The van der Waals surface area contributed by atoms with E-state index in [1.54, 1.807) is 0 Å². The first-order valence-corrected chi connectivity index (χ1v) is 20.2. The molecule has 3 nitrogen and oxygen atoms in total. The van der Waals surface area contributed by atoms with E-state index in [9.17, 15) is 0 Å². The predicted molar refractivity (Wildman–Crippen MR) is 236 cm³/mol. The zero-order chi connectivity index (χ0) is 37.0. The van der Waals surface area contributed by atoms with Crippen molar-refractivity contribution >= 4 is 70.5 Å². The van der Waals surface area contributed by atoms with E-state index in [-0.39, 0.29) is 0 Å². The molecular weight excluding hydrogens is 703 g/mol. The van der Waals surface area contributed by atoms with Crippen molar-refractivity contribution in [1.82, 2.24) is 0 Å². The largest absolute Gasteiger partial charge is 0.456 e. The van der Waals surface area contributed by atoms with Gasteiger partial charge < -0.3 is 14.1 Å². The quantitative estimate of drug-likeness (QED) is 0.170. The van der Waals surface area contributed by atoms with Crippen LogP contribution in [-0.2, 0) is 17.8 Å². The fourth-order valence-corrected chi connectivity index (χ4v) is 9.72. The van der Waals surface area contributed by atoms with Crippen LogP contribution in [0.15, 0.2) is 180 Å². The molecule has 3 heterocycles. The molecule has 0 amide bonds. The highest BCUT2D eigenvalue weighted by Gasteiger charge is 2.23. The van der Waals surface area contributed by atoms with Gasteiger partial charge in [0.2, 0.25) is 0 Å². The maximum atomic E-state index is 6.35. The van der Waals surface area contributed by atoms with Crippen molar-refractivity contribution in [2.75, 3.05) is 11.5 Å². The van der Waals surface area contributed by atoms with Crippen LogP contribution in [0.5, 0.6) is 0 Å². The highest BCUT2D eigenvalue weighted by molar-refractivity contribution is 7.25. The van der Waals surface area contributed by atoms with E-state index in [1.165, 1.54) is 53.6 Å². The first-order chi connectivity index (χ1) is 27.7. The summed E-state index contributed by atoms with van der Waals surface area (Å²) in [5, 5.41) is 4.86. The summed E-state index contributed by atoms with van der Waals surface area (Å²) < 4.78 is 15.0. The number of thiophene rings is 1. The van der Waals surface area contributed by atoms with Crippen LogP contribution in [0.4, 0.5) is 17.1 Å². The molecule has 1 aliphatic heterocycles. The molecule has 0 saturated heterocycles. The SMILES string of the molecule is c1ccc(-c2ccc(N(c3cccc(-c4ccc5c(c4)oc4ccccc45)c3)c3cc4sc5ccccc5c4cc3-c3cccc4c3CCCOC4)cc2)cc1. The molecule has 0 unspecified atom stereocenters. The molecular formula is C52H37NO2S. The van der Waals surface area contributed by atoms with Gasteiger partial charge in [0.05, 0.1) is 12.3 Å². The number of rotatable bonds is 6. The van der Waals surface area contributed by atoms with Gasteiger partial charge in [-0.05, 0) is 112 Å². The van der Waals surface area contributed by atoms with Crippen LogP contribution in [0, 0.1) is 0 Å². The second kappa shape index (κ2) is 13.7. The second-order valence-corrected chi connectivity index (χ2v) is 15.8. The van der Waals surface area contributed by atoms with Crippen LogP contribution in [0.2, 0.25) is 0 Å². The number of nitrogens with zero attached hydrogens (tertiary/aromatic N) is 1. The number of benzene rings is 8. The molecule has 0 aliphatic carbocycles. The third kappa shape index (κ3) is 5.69. The Morgan fingerprint density at radius 3 is 2.11 bits per heavy atom. The predicted octanol–water partition coefficient (Wildman–Crippen LogP) is 14.9. The molecule has 0 atom stereocenters. The Bertz CT molecular complexity index is 3070. The molecule has 0 N–H and O–H groups in total. The van der Waals surface area contributed by atoms with Crippen molar-refractivity contribution in [3.05, 3.63) is 187 Å². The zero-order valence-corrected chi connectivity index (χ0v) is 31.6. The summed E-state index contributed by atoms with van der Waals surface area (Å²) in [6.07, 6.45) is 1.99. The Morgan fingerprint density at radius 2 is 1.20 bits per heavy atom. The molecule has 0 radical (unpaired) electrons. The Balaban J connectivity index is 1.15. The minimum Gasteiger partial charge on any atom is -0.456 e. The summed E-state index contributed by atoms with van der Waals surface area (Å²) in [5.41, 5.74) is 15.0. The van der Waals surface area contributed by atoms with Gasteiger partial charge in [-0.3, -0.25) is 0 Å². The lowest BCUT2D eigenvalue weighted by molar-refractivity contribution is 0.125. The maximum Gasteiger partial charge on any atom is 0.136 e. The molecule has 0 bridgehead atoms. The van der Waals surface area contributed by atoms with E-state index >= 15 is 0 Å². The summed E-state index contributed by atoms with van der Waals surface area (Å²) in [4.78, 5) is 2.46. The van der Waals surface area contributed by atoms with Gasteiger partial charge >= 0.3 is 0 Å². The van der Waals surface area contributed by atoms with E-state index < -0.39 is 0 Å². The molecule has 1 aliphatic rings. The van der Waals surface area contributed by atoms with Crippen molar-refractivity contribution in [3.63, 3.8) is 0 Å². The lowest BCUT2D eigenvalue weighted by Gasteiger charge is -2.29. The van der Waals surface area contributed by atoms with E-state index in [0.717, 1.165) is 69.6 Å². The third-order valence-corrected chi connectivity index (χ3v) is 12.5. The van der Waals surface area contributed by atoms with Gasteiger partial charge in [-0.25, -0.2) is 0 Å². The van der Waals surface area contributed by atoms with E-state index in [0.29, 0.717) is 6.61 Å². The molecule has 56 heavy (non-hydrogen) atoms. The van der Waals surface area contributed by atoms with Crippen molar-refractivity contribution in [2.24, 2.45) is 0 Å². The fraction of sp³-hybridized carbons (Fsp3) is 0.0769. The Kier molecular flexibility index (Phi) is 8.05. The summed E-state index contributed by atoms with van der Waals surface area (Å²) in [6, 6.07) is 64.0.